The predicted molar refractivity (Wildman–Crippen MR) is 144 cm³/mol. The Balaban J connectivity index is 1.47. The second-order valence-corrected chi connectivity index (χ2v) is 9.88. The van der Waals surface area contributed by atoms with Gasteiger partial charge in [0.05, 0.1) is 18.9 Å². The average Bonchev–Trinajstić information content (AvgIpc) is 3.29. The molecule has 2 amide bonds. The van der Waals surface area contributed by atoms with Crippen LogP contribution in [0, 0.1) is 23.5 Å². The number of aliphatic hydroxyl groups excluding tert-OH is 1. The normalized spacial score (nSPS) is 22.0. The summed E-state index contributed by atoms with van der Waals surface area (Å²) in [5.41, 5.74) is 3.72. The number of nitrogens with one attached hydrogen (secondary N) is 2. The minimum Gasteiger partial charge on any atom is -0.390 e. The van der Waals surface area contributed by atoms with Crippen molar-refractivity contribution in [3.63, 3.8) is 0 Å². The first-order valence-corrected chi connectivity index (χ1v) is 13.2. The number of hydrogen-bond acceptors (Lipinski definition) is 6. The van der Waals surface area contributed by atoms with E-state index in [0.717, 1.165) is 41.8 Å². The minimum atomic E-state index is -0.947. The summed E-state index contributed by atoms with van der Waals surface area (Å²) in [4.78, 5) is 23.7. The van der Waals surface area contributed by atoms with E-state index in [1.807, 2.05) is 25.1 Å². The van der Waals surface area contributed by atoms with Crippen LogP contribution in [0.2, 0.25) is 0 Å². The molecule has 0 spiro atoms. The fourth-order valence-electron chi connectivity index (χ4n) is 5.12. The van der Waals surface area contributed by atoms with E-state index in [1.165, 1.54) is 6.07 Å². The smallest absolute Gasteiger partial charge is 0.319 e. The van der Waals surface area contributed by atoms with E-state index >= 15 is 0 Å². The number of carbonyl (C=O) groups is 1. The first kappa shape index (κ1) is 28.8. The van der Waals surface area contributed by atoms with Crippen LogP contribution in [0.1, 0.15) is 30.6 Å². The number of rotatable bonds is 10. The van der Waals surface area contributed by atoms with Crippen LogP contribution in [0.25, 0.3) is 0 Å². The number of aliphatic imine (C=N–C) groups is 1. The summed E-state index contributed by atoms with van der Waals surface area (Å²) in [6.07, 6.45) is 0.898. The van der Waals surface area contributed by atoms with E-state index in [-0.39, 0.29) is 31.0 Å². The van der Waals surface area contributed by atoms with Crippen LogP contribution >= 0.6 is 0 Å². The highest BCUT2D eigenvalue weighted by Crippen LogP contribution is 2.34. The molecule has 0 saturated carbocycles. The van der Waals surface area contributed by atoms with Gasteiger partial charge in [0.1, 0.15) is 6.10 Å². The van der Waals surface area contributed by atoms with E-state index in [1.54, 1.807) is 12.2 Å². The lowest BCUT2D eigenvalue weighted by Crippen LogP contribution is -2.41. The third-order valence-corrected chi connectivity index (χ3v) is 7.22. The van der Waals surface area contributed by atoms with Crippen LogP contribution in [0.3, 0.4) is 0 Å². The maximum atomic E-state index is 14.0. The van der Waals surface area contributed by atoms with Gasteiger partial charge in [0.15, 0.2) is 11.6 Å². The standard InChI is InChI=1S/C29H36F2N4O4/c1-19-26(18-36)32-11-10-21(14-20-6-4-3-5-7-20)27(19)34-29(37)33-16-23-17-35(12-13-38-2)39-28(23)22-8-9-24(30)25(31)15-22/h3-9,15,21,23,28,36H,10-14,16-18H2,1-2H3,(H2,33,34,37)/t21?,23-,28+/m1/s1. The van der Waals surface area contributed by atoms with E-state index in [0.29, 0.717) is 37.5 Å². The maximum absolute atomic E-state index is 14.0. The van der Waals surface area contributed by atoms with Crippen molar-refractivity contribution < 1.29 is 28.3 Å². The molecule has 3 N–H and O–H groups in total. The monoisotopic (exact) mass is 542 g/mol. The molecule has 8 nitrogen and oxygen atoms in total. The molecule has 2 heterocycles. The van der Waals surface area contributed by atoms with E-state index in [4.69, 9.17) is 9.57 Å². The Bertz CT molecular complexity index is 1190. The summed E-state index contributed by atoms with van der Waals surface area (Å²) in [5.74, 6) is -2.07. The van der Waals surface area contributed by atoms with Gasteiger partial charge >= 0.3 is 6.03 Å². The van der Waals surface area contributed by atoms with Crippen molar-refractivity contribution in [2.24, 2.45) is 16.8 Å². The van der Waals surface area contributed by atoms with Crippen molar-refractivity contribution in [1.82, 2.24) is 15.7 Å². The number of ether oxygens (including phenoxy) is 1. The summed E-state index contributed by atoms with van der Waals surface area (Å²) in [5, 5.41) is 17.5. The lowest BCUT2D eigenvalue weighted by atomic mass is 9.90. The van der Waals surface area contributed by atoms with Gasteiger partial charge in [-0.2, -0.15) is 5.06 Å². The lowest BCUT2D eigenvalue weighted by molar-refractivity contribution is -0.155. The summed E-state index contributed by atoms with van der Waals surface area (Å²) in [6.45, 7) is 3.88. The van der Waals surface area contributed by atoms with Gasteiger partial charge < -0.3 is 20.5 Å². The fraction of sp³-hybridized carbons (Fsp3) is 0.448. The van der Waals surface area contributed by atoms with Crippen LogP contribution in [0.15, 0.2) is 64.8 Å². The van der Waals surface area contributed by atoms with Crippen LogP contribution in [-0.2, 0) is 16.0 Å². The summed E-state index contributed by atoms with van der Waals surface area (Å²) < 4.78 is 32.7. The number of nitrogens with zero attached hydrogens (tertiary/aromatic N) is 2. The Labute approximate surface area is 227 Å². The molecular weight excluding hydrogens is 506 g/mol. The van der Waals surface area contributed by atoms with Crippen molar-refractivity contribution in [1.29, 1.82) is 0 Å². The number of halogens is 2. The Kier molecular flexibility index (Phi) is 10.2. The molecule has 1 fully saturated rings. The van der Waals surface area contributed by atoms with Crippen molar-refractivity contribution in [3.05, 3.63) is 82.6 Å². The Hall–Kier alpha value is -3.18. The summed E-state index contributed by atoms with van der Waals surface area (Å²) in [6, 6.07) is 13.4. The van der Waals surface area contributed by atoms with Gasteiger partial charge in [-0.25, -0.2) is 13.6 Å². The zero-order valence-corrected chi connectivity index (χ0v) is 22.3. The molecule has 2 aliphatic rings. The summed E-state index contributed by atoms with van der Waals surface area (Å²) >= 11 is 0. The SMILES string of the molecule is COCCN1C[C@@H](CNC(=O)NC2=C(C)C(CO)=NCCC2Cc2ccccc2)[C@H](c2ccc(F)c(F)c2)O1. The number of urea groups is 1. The molecule has 2 aromatic carbocycles. The largest absolute Gasteiger partial charge is 0.390 e. The predicted octanol–water partition coefficient (Wildman–Crippen LogP) is 3.78. The molecule has 1 unspecified atom stereocenters. The Morgan fingerprint density at radius 3 is 2.72 bits per heavy atom. The number of methoxy groups -OCH3 is 1. The van der Waals surface area contributed by atoms with Crippen molar-refractivity contribution in [2.45, 2.75) is 25.9 Å². The number of carbonyl (C=O) groups excluding carboxylic acids is 1. The second kappa shape index (κ2) is 13.7. The van der Waals surface area contributed by atoms with Crippen molar-refractivity contribution >= 4 is 11.7 Å². The quantitative estimate of drug-likeness (QED) is 0.425. The maximum Gasteiger partial charge on any atom is 0.319 e. The Morgan fingerprint density at radius 1 is 1.21 bits per heavy atom. The molecule has 10 heteroatoms. The van der Waals surface area contributed by atoms with Gasteiger partial charge in [0.25, 0.3) is 0 Å². The molecule has 39 heavy (non-hydrogen) atoms. The van der Waals surface area contributed by atoms with Crippen molar-refractivity contribution in [3.8, 4) is 0 Å². The highest BCUT2D eigenvalue weighted by molar-refractivity contribution is 6.01. The van der Waals surface area contributed by atoms with Crippen LogP contribution < -0.4 is 10.6 Å². The van der Waals surface area contributed by atoms with E-state index in [9.17, 15) is 18.7 Å². The van der Waals surface area contributed by atoms with Crippen LogP contribution in [-0.4, -0.2) is 68.4 Å². The third kappa shape index (κ3) is 7.48. The number of amides is 2. The molecule has 3 atom stereocenters. The number of aliphatic hydroxyl groups is 1. The number of hydroxylamine groups is 2. The highest BCUT2D eigenvalue weighted by atomic mass is 19.2. The summed E-state index contributed by atoms with van der Waals surface area (Å²) in [7, 11) is 1.59. The third-order valence-electron chi connectivity index (χ3n) is 7.22. The first-order chi connectivity index (χ1) is 18.9. The molecule has 0 aliphatic carbocycles. The first-order valence-electron chi connectivity index (χ1n) is 13.2. The van der Waals surface area contributed by atoms with Gasteiger partial charge in [-0.1, -0.05) is 36.4 Å². The number of hydrogen-bond donors (Lipinski definition) is 3. The van der Waals surface area contributed by atoms with Gasteiger partial charge in [-0.3, -0.25) is 9.83 Å². The topological polar surface area (TPSA) is 95.4 Å². The molecule has 0 bridgehead atoms. The molecule has 2 aromatic rings. The second-order valence-electron chi connectivity index (χ2n) is 9.88. The van der Waals surface area contributed by atoms with Gasteiger partial charge in [0.2, 0.25) is 0 Å². The van der Waals surface area contributed by atoms with Crippen LogP contribution in [0.4, 0.5) is 13.6 Å². The number of benzene rings is 2. The van der Waals surface area contributed by atoms with Crippen LogP contribution in [0.5, 0.6) is 0 Å². The van der Waals surface area contributed by atoms with Gasteiger partial charge in [0, 0.05) is 50.8 Å². The molecular formula is C29H36F2N4O4. The van der Waals surface area contributed by atoms with E-state index in [2.05, 4.69) is 27.8 Å². The fourth-order valence-corrected chi connectivity index (χ4v) is 5.12. The zero-order chi connectivity index (χ0) is 27.8. The van der Waals surface area contributed by atoms with Gasteiger partial charge in [-0.15, -0.1) is 0 Å². The Morgan fingerprint density at radius 2 is 2.00 bits per heavy atom. The molecule has 1 saturated heterocycles. The highest BCUT2D eigenvalue weighted by Gasteiger charge is 2.36. The molecule has 210 valence electrons. The lowest BCUT2D eigenvalue weighted by Gasteiger charge is -2.23. The van der Waals surface area contributed by atoms with E-state index < -0.39 is 17.7 Å². The zero-order valence-electron chi connectivity index (χ0n) is 22.3. The molecule has 4 rings (SSSR count). The van der Waals surface area contributed by atoms with Gasteiger partial charge in [-0.05, 0) is 48.6 Å². The molecule has 0 aromatic heterocycles. The minimum absolute atomic E-state index is 0.0141. The molecule has 0 radical (unpaired) electrons. The average molecular weight is 543 g/mol. The molecule has 2 aliphatic heterocycles. The number of allylic oxidation sites excluding steroid dienone is 1. The van der Waals surface area contributed by atoms with Crippen molar-refractivity contribution in [2.75, 3.05) is 46.5 Å².